The van der Waals surface area contributed by atoms with Crippen molar-refractivity contribution in [1.82, 2.24) is 0 Å². The molecule has 3 aromatic carbocycles. The number of rotatable bonds is 7. The van der Waals surface area contributed by atoms with E-state index in [-0.39, 0.29) is 0 Å². The van der Waals surface area contributed by atoms with Crippen LogP contribution in [0.2, 0.25) is 0 Å². The van der Waals surface area contributed by atoms with Crippen LogP contribution in [0.25, 0.3) is 16.3 Å². The molecule has 0 radical (unpaired) electrons. The van der Waals surface area contributed by atoms with Crippen LogP contribution in [0.4, 0.5) is 0 Å². The van der Waals surface area contributed by atoms with Crippen LogP contribution in [-0.4, -0.2) is 0 Å². The maximum absolute atomic E-state index is 5.50. The molecule has 4 unspecified atom stereocenters. The molecule has 0 saturated heterocycles. The van der Waals surface area contributed by atoms with Gasteiger partial charge in [0.1, 0.15) is 0 Å². The van der Waals surface area contributed by atoms with Gasteiger partial charge in [-0.3, -0.25) is 0 Å². The molecule has 0 aromatic heterocycles. The van der Waals surface area contributed by atoms with Gasteiger partial charge < -0.3 is 5.73 Å². The molecule has 3 aromatic rings. The van der Waals surface area contributed by atoms with Crippen LogP contribution in [0.5, 0.6) is 0 Å². The largest absolute Gasteiger partial charge is 0.405 e. The van der Waals surface area contributed by atoms with Crippen LogP contribution in [-0.2, 0) is 6.42 Å². The number of hydrogen-bond donors (Lipinski definition) is 1. The van der Waals surface area contributed by atoms with Crippen LogP contribution >= 0.6 is 0 Å². The van der Waals surface area contributed by atoms with Crippen LogP contribution < -0.4 is 5.73 Å². The molecule has 0 spiro atoms. The quantitative estimate of drug-likeness (QED) is 0.220. The van der Waals surface area contributed by atoms with Gasteiger partial charge in [0.2, 0.25) is 0 Å². The van der Waals surface area contributed by atoms with Crippen molar-refractivity contribution in [2.45, 2.75) is 63.7 Å². The third kappa shape index (κ3) is 5.85. The van der Waals surface area contributed by atoms with Gasteiger partial charge in [-0.25, -0.2) is 0 Å². The topological polar surface area (TPSA) is 26.0 Å². The first-order chi connectivity index (χ1) is 21.8. The van der Waals surface area contributed by atoms with Crippen molar-refractivity contribution in [2.24, 2.45) is 23.5 Å². The molecule has 0 aliphatic heterocycles. The molecule has 0 amide bonds. The van der Waals surface area contributed by atoms with E-state index in [0.29, 0.717) is 17.8 Å². The van der Waals surface area contributed by atoms with Crippen LogP contribution in [0.15, 0.2) is 144 Å². The number of nitrogens with two attached hydrogens (primary N) is 1. The van der Waals surface area contributed by atoms with Crippen molar-refractivity contribution in [3.63, 3.8) is 0 Å². The average molecular weight is 576 g/mol. The summed E-state index contributed by atoms with van der Waals surface area (Å²) in [7, 11) is 0. The standard InChI is InChI=1S/C43H45N/c44-30-10-2-5-13-33-26-27-38(41-15-7-6-14-37(33)41)35-22-24-36(25-23-35)40-29-28-39(42-16-8-9-17-43(40)42)34-20-18-32(19-21-34)31-11-3-1-4-12-31/h1-7,9-12,14-15,17,20,22-24,26-27,30,32,36,39,42H,8,13,16,18-19,21,25,28-29,44H2/b5-2-,30-10-. The zero-order valence-electron chi connectivity index (χ0n) is 25.9. The van der Waals surface area contributed by atoms with E-state index < -0.39 is 0 Å². The van der Waals surface area contributed by atoms with E-state index in [1.54, 1.807) is 22.9 Å². The third-order valence-electron chi connectivity index (χ3n) is 10.7. The second kappa shape index (κ2) is 13.3. The van der Waals surface area contributed by atoms with Crippen molar-refractivity contribution in [2.75, 3.05) is 0 Å². The van der Waals surface area contributed by atoms with Gasteiger partial charge in [-0.1, -0.05) is 126 Å². The summed E-state index contributed by atoms with van der Waals surface area (Å²) in [5.41, 5.74) is 16.2. The van der Waals surface area contributed by atoms with E-state index in [2.05, 4.69) is 109 Å². The minimum atomic E-state index is 0.522. The van der Waals surface area contributed by atoms with E-state index in [4.69, 9.17) is 5.73 Å². The molecular weight excluding hydrogens is 530 g/mol. The second-order valence-corrected chi connectivity index (χ2v) is 13.1. The molecule has 44 heavy (non-hydrogen) atoms. The first-order valence-electron chi connectivity index (χ1n) is 16.9. The summed E-state index contributed by atoms with van der Waals surface area (Å²) >= 11 is 0. The molecule has 1 nitrogen and oxygen atoms in total. The monoisotopic (exact) mass is 575 g/mol. The fourth-order valence-electron chi connectivity index (χ4n) is 8.45. The molecular formula is C43H45N. The molecule has 1 heteroatoms. The van der Waals surface area contributed by atoms with Crippen molar-refractivity contribution < 1.29 is 0 Å². The van der Waals surface area contributed by atoms with Crippen molar-refractivity contribution in [3.05, 3.63) is 161 Å². The van der Waals surface area contributed by atoms with Crippen LogP contribution in [0.1, 0.15) is 74.0 Å². The van der Waals surface area contributed by atoms with Gasteiger partial charge >= 0.3 is 0 Å². The van der Waals surface area contributed by atoms with E-state index in [0.717, 1.165) is 18.8 Å². The fraction of sp³-hybridized carbons (Fsp3) is 0.302. The molecule has 4 aliphatic rings. The first-order valence-corrected chi connectivity index (χ1v) is 16.9. The Morgan fingerprint density at radius 2 is 1.61 bits per heavy atom. The van der Waals surface area contributed by atoms with Gasteiger partial charge in [0.15, 0.2) is 0 Å². The fourth-order valence-corrected chi connectivity index (χ4v) is 8.45. The van der Waals surface area contributed by atoms with Crippen molar-refractivity contribution >= 4 is 16.3 Å². The molecule has 2 N–H and O–H groups in total. The molecule has 4 atom stereocenters. The number of benzene rings is 3. The van der Waals surface area contributed by atoms with Crippen LogP contribution in [0, 0.1) is 17.8 Å². The number of fused-ring (bicyclic) bond motifs is 2. The Kier molecular flexibility index (Phi) is 8.64. The number of allylic oxidation sites excluding steroid dienone is 13. The SMILES string of the molecule is N/C=C\C=C/Cc1ccc(C2=CCC(C3=C4C=CCCC4C(C4=CCC(c5ccccc5)CC4)CC3)C=C2)c2ccccc12. The minimum absolute atomic E-state index is 0.522. The lowest BCUT2D eigenvalue weighted by Gasteiger charge is -2.41. The zero-order valence-corrected chi connectivity index (χ0v) is 25.9. The lowest BCUT2D eigenvalue weighted by molar-refractivity contribution is 0.336. The summed E-state index contributed by atoms with van der Waals surface area (Å²) in [6.07, 6.45) is 33.6. The molecule has 0 bridgehead atoms. The molecule has 222 valence electrons. The van der Waals surface area contributed by atoms with E-state index in [9.17, 15) is 0 Å². The van der Waals surface area contributed by atoms with Crippen molar-refractivity contribution in [3.8, 4) is 0 Å². The molecule has 0 fully saturated rings. The summed E-state index contributed by atoms with van der Waals surface area (Å²) < 4.78 is 0. The highest BCUT2D eigenvalue weighted by atomic mass is 14.5. The van der Waals surface area contributed by atoms with Gasteiger partial charge in [-0.15, -0.1) is 0 Å². The second-order valence-electron chi connectivity index (χ2n) is 13.1. The van der Waals surface area contributed by atoms with Gasteiger partial charge in [-0.2, -0.15) is 0 Å². The highest BCUT2D eigenvalue weighted by molar-refractivity contribution is 5.98. The zero-order chi connectivity index (χ0) is 29.7. The maximum Gasteiger partial charge on any atom is 0.00208 e. The highest BCUT2D eigenvalue weighted by Gasteiger charge is 2.36. The van der Waals surface area contributed by atoms with Crippen molar-refractivity contribution in [1.29, 1.82) is 0 Å². The van der Waals surface area contributed by atoms with E-state index in [1.807, 2.05) is 12.2 Å². The summed E-state index contributed by atoms with van der Waals surface area (Å²) in [5, 5.41) is 2.68. The average Bonchev–Trinajstić information content (AvgIpc) is 3.10. The molecule has 4 aliphatic carbocycles. The Morgan fingerprint density at radius 3 is 2.41 bits per heavy atom. The normalized spacial score (nSPS) is 25.5. The number of hydrogen-bond acceptors (Lipinski definition) is 1. The Balaban J connectivity index is 1.09. The highest BCUT2D eigenvalue weighted by Crippen LogP contribution is 2.49. The summed E-state index contributed by atoms with van der Waals surface area (Å²) in [6, 6.07) is 24.7. The van der Waals surface area contributed by atoms with E-state index >= 15 is 0 Å². The molecule has 7 rings (SSSR count). The lowest BCUT2D eigenvalue weighted by atomic mass is 9.64. The summed E-state index contributed by atoms with van der Waals surface area (Å²) in [6.45, 7) is 0. The Bertz CT molecular complexity index is 1710. The third-order valence-corrected chi connectivity index (χ3v) is 10.7. The molecule has 0 heterocycles. The van der Waals surface area contributed by atoms with Gasteiger partial charge in [-0.05, 0) is 126 Å². The van der Waals surface area contributed by atoms with Crippen LogP contribution in [0.3, 0.4) is 0 Å². The Morgan fingerprint density at radius 1 is 0.750 bits per heavy atom. The Labute approximate surface area is 264 Å². The first kappa shape index (κ1) is 28.7. The van der Waals surface area contributed by atoms with Gasteiger partial charge in [0, 0.05) is 5.92 Å². The Hall–Kier alpha value is -4.10. The van der Waals surface area contributed by atoms with E-state index in [1.165, 1.54) is 78.0 Å². The minimum Gasteiger partial charge on any atom is -0.405 e. The maximum atomic E-state index is 5.50. The smallest absolute Gasteiger partial charge is 0.00208 e. The predicted octanol–water partition coefficient (Wildman–Crippen LogP) is 10.9. The lowest BCUT2D eigenvalue weighted by Crippen LogP contribution is -2.28. The predicted molar refractivity (Wildman–Crippen MR) is 188 cm³/mol. The summed E-state index contributed by atoms with van der Waals surface area (Å²) in [5.74, 6) is 2.65. The molecule has 0 saturated carbocycles. The van der Waals surface area contributed by atoms with Gasteiger partial charge in [0.05, 0.1) is 0 Å². The van der Waals surface area contributed by atoms with Gasteiger partial charge in [0.25, 0.3) is 0 Å². The summed E-state index contributed by atoms with van der Waals surface area (Å²) in [4.78, 5) is 0.